The summed E-state index contributed by atoms with van der Waals surface area (Å²) in [5.41, 5.74) is 4.50. The number of rotatable bonds is 3. The molecule has 0 radical (unpaired) electrons. The predicted octanol–water partition coefficient (Wildman–Crippen LogP) is 0.954. The van der Waals surface area contributed by atoms with Crippen molar-refractivity contribution in [2.45, 2.75) is 19.0 Å². The van der Waals surface area contributed by atoms with Crippen molar-refractivity contribution in [3.05, 3.63) is 0 Å². The van der Waals surface area contributed by atoms with E-state index in [0.717, 1.165) is 0 Å². The molecule has 2 N–H and O–H groups in total. The summed E-state index contributed by atoms with van der Waals surface area (Å²) in [6, 6.07) is 1.52. The first-order valence-corrected chi connectivity index (χ1v) is 3.12. The first-order chi connectivity index (χ1) is 5.39. The minimum atomic E-state index is -4.64. The number of nitriles is 1. The van der Waals surface area contributed by atoms with Gasteiger partial charge in [0.2, 0.25) is 5.91 Å². The molecule has 0 aliphatic heterocycles. The maximum atomic E-state index is 11.9. The van der Waals surface area contributed by atoms with E-state index in [2.05, 4.69) is 5.73 Å². The van der Waals surface area contributed by atoms with Crippen molar-refractivity contribution in [2.75, 3.05) is 0 Å². The maximum Gasteiger partial charge on any atom is 0.400 e. The predicted molar refractivity (Wildman–Crippen MR) is 33.6 cm³/mol. The largest absolute Gasteiger partial charge is 0.400 e. The van der Waals surface area contributed by atoms with E-state index in [4.69, 9.17) is 5.26 Å². The highest BCUT2D eigenvalue weighted by Crippen LogP contribution is 2.29. The van der Waals surface area contributed by atoms with Gasteiger partial charge in [-0.3, -0.25) is 4.79 Å². The van der Waals surface area contributed by atoms with Crippen molar-refractivity contribution in [3.63, 3.8) is 0 Å². The molecule has 0 saturated carbocycles. The van der Waals surface area contributed by atoms with Crippen molar-refractivity contribution < 1.29 is 18.0 Å². The van der Waals surface area contributed by atoms with E-state index in [1.54, 1.807) is 0 Å². The Morgan fingerprint density at radius 3 is 2.33 bits per heavy atom. The van der Waals surface area contributed by atoms with Crippen LogP contribution in [0.4, 0.5) is 13.2 Å². The normalized spacial score (nSPS) is 13.5. The van der Waals surface area contributed by atoms with Crippen molar-refractivity contribution >= 4 is 5.91 Å². The minimum absolute atomic E-state index is 0.326. The molecule has 3 nitrogen and oxygen atoms in total. The fraction of sp³-hybridized carbons (Fsp3) is 0.667. The van der Waals surface area contributed by atoms with Crippen LogP contribution in [0.2, 0.25) is 0 Å². The van der Waals surface area contributed by atoms with Gasteiger partial charge in [-0.15, -0.1) is 0 Å². The number of hydrogen-bond donors (Lipinski definition) is 1. The molecule has 12 heavy (non-hydrogen) atoms. The Labute approximate surface area is 67.0 Å². The third kappa shape index (κ3) is 3.23. The molecule has 0 fully saturated rings. The molecule has 1 atom stereocenters. The van der Waals surface area contributed by atoms with Crippen LogP contribution < -0.4 is 5.73 Å². The Hall–Kier alpha value is -1.25. The first-order valence-electron chi connectivity index (χ1n) is 3.12. The van der Waals surface area contributed by atoms with Crippen LogP contribution >= 0.6 is 0 Å². The summed E-state index contributed by atoms with van der Waals surface area (Å²) in [6.07, 6.45) is -5.52. The van der Waals surface area contributed by atoms with E-state index in [-0.39, 0.29) is 6.42 Å². The molecule has 0 rings (SSSR count). The average Bonchev–Trinajstić information content (AvgIpc) is 1.84. The van der Waals surface area contributed by atoms with Crippen LogP contribution in [0.1, 0.15) is 12.8 Å². The average molecular weight is 180 g/mol. The quantitative estimate of drug-likeness (QED) is 0.702. The standard InChI is InChI=1S/C6H7F3N2O/c7-6(8,9)4(5(11)12)2-1-3-10/h4H,1-2H2,(H2,11,12). The van der Waals surface area contributed by atoms with Gasteiger partial charge >= 0.3 is 6.18 Å². The zero-order chi connectivity index (χ0) is 9.78. The molecule has 1 unspecified atom stereocenters. The summed E-state index contributed by atoms with van der Waals surface area (Å²) in [6.45, 7) is 0. The highest BCUT2D eigenvalue weighted by molar-refractivity contribution is 5.77. The molecule has 0 spiro atoms. The number of alkyl halides is 3. The molecule has 0 aliphatic carbocycles. The molecule has 0 aromatic carbocycles. The smallest absolute Gasteiger partial charge is 0.369 e. The molecule has 0 aromatic rings. The summed E-state index contributed by atoms with van der Waals surface area (Å²) >= 11 is 0. The summed E-state index contributed by atoms with van der Waals surface area (Å²) in [5.74, 6) is -3.63. The molecular formula is C6H7F3N2O. The molecule has 0 saturated heterocycles. The number of nitrogens with zero attached hydrogens (tertiary/aromatic N) is 1. The highest BCUT2D eigenvalue weighted by Gasteiger charge is 2.43. The van der Waals surface area contributed by atoms with Gasteiger partial charge in [-0.25, -0.2) is 0 Å². The molecule has 68 valence electrons. The van der Waals surface area contributed by atoms with Gasteiger partial charge in [0.15, 0.2) is 0 Å². The van der Waals surface area contributed by atoms with Crippen LogP contribution in [0.25, 0.3) is 0 Å². The van der Waals surface area contributed by atoms with E-state index in [0.29, 0.717) is 0 Å². The lowest BCUT2D eigenvalue weighted by Gasteiger charge is -2.14. The van der Waals surface area contributed by atoms with E-state index < -0.39 is 24.4 Å². The van der Waals surface area contributed by atoms with Gasteiger partial charge < -0.3 is 5.73 Å². The van der Waals surface area contributed by atoms with Gasteiger partial charge in [0.1, 0.15) is 5.92 Å². The molecule has 1 amide bonds. The van der Waals surface area contributed by atoms with Crippen molar-refractivity contribution in [1.82, 2.24) is 0 Å². The van der Waals surface area contributed by atoms with Gasteiger partial charge in [-0.1, -0.05) is 0 Å². The van der Waals surface area contributed by atoms with Crippen molar-refractivity contribution in [3.8, 4) is 6.07 Å². The van der Waals surface area contributed by atoms with E-state index >= 15 is 0 Å². The Balaban J connectivity index is 4.27. The zero-order valence-corrected chi connectivity index (χ0v) is 6.06. The lowest BCUT2D eigenvalue weighted by molar-refractivity contribution is -0.181. The fourth-order valence-corrected chi connectivity index (χ4v) is 0.676. The number of halogens is 3. The second-order valence-electron chi connectivity index (χ2n) is 2.19. The maximum absolute atomic E-state index is 11.9. The van der Waals surface area contributed by atoms with Gasteiger partial charge in [0, 0.05) is 6.42 Å². The molecule has 0 bridgehead atoms. The number of amides is 1. The third-order valence-corrected chi connectivity index (χ3v) is 1.28. The van der Waals surface area contributed by atoms with E-state index in [1.807, 2.05) is 0 Å². The highest BCUT2D eigenvalue weighted by atomic mass is 19.4. The van der Waals surface area contributed by atoms with Gasteiger partial charge in [0.25, 0.3) is 0 Å². The number of nitrogens with two attached hydrogens (primary N) is 1. The summed E-state index contributed by atoms with van der Waals surface area (Å²) in [5, 5.41) is 7.99. The lowest BCUT2D eigenvalue weighted by Crippen LogP contribution is -2.35. The summed E-state index contributed by atoms with van der Waals surface area (Å²) < 4.78 is 35.7. The van der Waals surface area contributed by atoms with Gasteiger partial charge in [-0.05, 0) is 6.42 Å². The SMILES string of the molecule is N#CCCC(C(N)=O)C(F)(F)F. The Morgan fingerprint density at radius 1 is 1.58 bits per heavy atom. The fourth-order valence-electron chi connectivity index (χ4n) is 0.676. The lowest BCUT2D eigenvalue weighted by atomic mass is 10.0. The van der Waals surface area contributed by atoms with Crippen LogP contribution in [-0.4, -0.2) is 12.1 Å². The van der Waals surface area contributed by atoms with E-state index in [1.165, 1.54) is 6.07 Å². The summed E-state index contributed by atoms with van der Waals surface area (Å²) in [7, 11) is 0. The van der Waals surface area contributed by atoms with Crippen LogP contribution in [0, 0.1) is 17.2 Å². The van der Waals surface area contributed by atoms with Crippen molar-refractivity contribution in [1.29, 1.82) is 5.26 Å². The van der Waals surface area contributed by atoms with Crippen LogP contribution in [-0.2, 0) is 4.79 Å². The van der Waals surface area contributed by atoms with Crippen LogP contribution in [0.5, 0.6) is 0 Å². The van der Waals surface area contributed by atoms with E-state index in [9.17, 15) is 18.0 Å². The molecule has 6 heteroatoms. The Bertz CT molecular complexity index is 206. The van der Waals surface area contributed by atoms with Crippen LogP contribution in [0.15, 0.2) is 0 Å². The molecule has 0 heterocycles. The van der Waals surface area contributed by atoms with Gasteiger partial charge in [-0.2, -0.15) is 18.4 Å². The second kappa shape index (κ2) is 3.95. The number of primary amides is 1. The number of hydrogen-bond acceptors (Lipinski definition) is 2. The topological polar surface area (TPSA) is 66.9 Å². The summed E-state index contributed by atoms with van der Waals surface area (Å²) in [4.78, 5) is 10.2. The minimum Gasteiger partial charge on any atom is -0.369 e. The van der Waals surface area contributed by atoms with Gasteiger partial charge in [0.05, 0.1) is 6.07 Å². The molecule has 0 aromatic heterocycles. The van der Waals surface area contributed by atoms with Crippen LogP contribution in [0.3, 0.4) is 0 Å². The third-order valence-electron chi connectivity index (χ3n) is 1.28. The second-order valence-corrected chi connectivity index (χ2v) is 2.19. The Morgan fingerprint density at radius 2 is 2.08 bits per heavy atom. The van der Waals surface area contributed by atoms with Crippen molar-refractivity contribution in [2.24, 2.45) is 11.7 Å². The monoisotopic (exact) mass is 180 g/mol. The Kier molecular flexibility index (Phi) is 3.54. The molecular weight excluding hydrogens is 173 g/mol. The number of carbonyl (C=O) groups excluding carboxylic acids is 1. The molecule has 0 aliphatic rings. The zero-order valence-electron chi connectivity index (χ0n) is 6.06. The number of carbonyl (C=O) groups is 1. The first kappa shape index (κ1) is 10.8.